The third-order valence-corrected chi connectivity index (χ3v) is 10.4. The van der Waals surface area contributed by atoms with Gasteiger partial charge in [0.2, 0.25) is 11.8 Å². The molecule has 2 saturated heterocycles. The highest BCUT2D eigenvalue weighted by Gasteiger charge is 2.62. The summed E-state index contributed by atoms with van der Waals surface area (Å²) in [6.07, 6.45) is 7.69. The Hall–Kier alpha value is -4.09. The number of allylic oxidation sites excluding steroid dienone is 1. The van der Waals surface area contributed by atoms with Crippen LogP contribution >= 0.6 is 0 Å². The predicted molar refractivity (Wildman–Crippen MR) is 172 cm³/mol. The molecule has 0 aromatic heterocycles. The summed E-state index contributed by atoms with van der Waals surface area (Å²) in [5.74, 6) is -2.91. The van der Waals surface area contributed by atoms with Crippen LogP contribution in [-0.4, -0.2) is 99.1 Å². The summed E-state index contributed by atoms with van der Waals surface area (Å²) in [5, 5.41) is 15.8. The summed E-state index contributed by atoms with van der Waals surface area (Å²) in [6.45, 7) is 7.25. The van der Waals surface area contributed by atoms with E-state index in [0.29, 0.717) is 32.5 Å². The standard InChI is InChI=1S/C35H47N5O7/c1-34(2,3)47-32(45)36-27-14-8-6-4-5-7-13-25-17-35(25,31(43)44)37-29(41)28-26-21-39(19-24(26)20-40(28)30(27)42)33(46)38-16-15-22-11-9-10-12-23(22)18-38/h7,9-13,24-28H,4-6,8,14-21H2,1-3H3,(H,36,45)(H,37,41)(H,43,44)/b13-7-/t24-,25+,26-,27+,28-,35-/m0/s1. The Morgan fingerprint density at radius 1 is 1.02 bits per heavy atom. The number of aliphatic carboxylic acids is 1. The van der Waals surface area contributed by atoms with Crippen molar-refractivity contribution in [1.29, 1.82) is 0 Å². The number of carbonyl (C=O) groups is 5. The maximum absolute atomic E-state index is 14.3. The number of ether oxygens (including phenoxy) is 1. The third-order valence-electron chi connectivity index (χ3n) is 10.4. The lowest BCUT2D eigenvalue weighted by atomic mass is 9.93. The molecule has 3 fully saturated rings. The molecule has 3 N–H and O–H groups in total. The van der Waals surface area contributed by atoms with Crippen molar-refractivity contribution in [3.05, 3.63) is 47.5 Å². The number of nitrogens with one attached hydrogen (secondary N) is 2. The average Bonchev–Trinajstić information content (AvgIpc) is 3.37. The summed E-state index contributed by atoms with van der Waals surface area (Å²) >= 11 is 0. The summed E-state index contributed by atoms with van der Waals surface area (Å²) < 4.78 is 5.48. The summed E-state index contributed by atoms with van der Waals surface area (Å²) in [7, 11) is 0. The topological polar surface area (TPSA) is 149 Å². The van der Waals surface area contributed by atoms with E-state index >= 15 is 0 Å². The Bertz CT molecular complexity index is 1460. The molecule has 1 saturated carbocycles. The van der Waals surface area contributed by atoms with E-state index in [4.69, 9.17) is 4.74 Å². The number of likely N-dealkylation sites (tertiary alicyclic amines) is 1. The van der Waals surface area contributed by atoms with Crippen LogP contribution in [0.25, 0.3) is 0 Å². The van der Waals surface area contributed by atoms with Crippen LogP contribution in [0, 0.1) is 17.8 Å². The zero-order chi connectivity index (χ0) is 33.5. The van der Waals surface area contributed by atoms with Gasteiger partial charge in [0.1, 0.15) is 23.2 Å². The number of benzene rings is 1. The summed E-state index contributed by atoms with van der Waals surface area (Å²) in [5.41, 5.74) is 0.181. The Kier molecular flexibility index (Phi) is 8.97. The number of hydrogen-bond donors (Lipinski definition) is 3. The molecule has 12 heteroatoms. The molecule has 1 aliphatic carbocycles. The first-order valence-electron chi connectivity index (χ1n) is 17.0. The minimum absolute atomic E-state index is 0.0943. The maximum atomic E-state index is 14.3. The number of rotatable bonds is 2. The normalized spacial score (nSPS) is 31.6. The van der Waals surface area contributed by atoms with E-state index in [1.165, 1.54) is 10.5 Å². The van der Waals surface area contributed by atoms with Gasteiger partial charge < -0.3 is 35.2 Å². The molecule has 5 aliphatic rings. The number of amides is 5. The monoisotopic (exact) mass is 649 g/mol. The summed E-state index contributed by atoms with van der Waals surface area (Å²) in [6, 6.07) is 6.12. The molecule has 1 aromatic rings. The molecule has 6 rings (SSSR count). The first-order chi connectivity index (χ1) is 22.4. The molecule has 1 aromatic carbocycles. The third kappa shape index (κ3) is 6.82. The second-order valence-electron chi connectivity index (χ2n) is 14.8. The lowest BCUT2D eigenvalue weighted by Gasteiger charge is -2.35. The van der Waals surface area contributed by atoms with Gasteiger partial charge in [-0.1, -0.05) is 49.3 Å². The van der Waals surface area contributed by atoms with E-state index < -0.39 is 41.2 Å². The molecule has 0 unspecified atom stereocenters. The van der Waals surface area contributed by atoms with Crippen LogP contribution in [0.2, 0.25) is 0 Å². The maximum Gasteiger partial charge on any atom is 0.408 e. The smallest absolute Gasteiger partial charge is 0.408 e. The van der Waals surface area contributed by atoms with E-state index in [0.717, 1.165) is 31.2 Å². The molecular formula is C35H47N5O7. The van der Waals surface area contributed by atoms with Crippen molar-refractivity contribution in [2.45, 2.75) is 95.5 Å². The highest BCUT2D eigenvalue weighted by Crippen LogP contribution is 2.46. The van der Waals surface area contributed by atoms with Crippen LogP contribution in [0.15, 0.2) is 36.4 Å². The van der Waals surface area contributed by atoms with E-state index in [-0.39, 0.29) is 49.2 Å². The van der Waals surface area contributed by atoms with Crippen molar-refractivity contribution < 1.29 is 33.8 Å². The number of urea groups is 1. The number of alkyl carbamates (subject to hydrolysis) is 1. The van der Waals surface area contributed by atoms with Crippen LogP contribution in [0.4, 0.5) is 9.59 Å². The zero-order valence-electron chi connectivity index (χ0n) is 27.6. The number of nitrogens with zero attached hydrogens (tertiary/aromatic N) is 3. The minimum Gasteiger partial charge on any atom is -0.479 e. The van der Waals surface area contributed by atoms with E-state index in [2.05, 4.69) is 16.7 Å². The number of carboxylic acids is 1. The first kappa shape index (κ1) is 32.8. The van der Waals surface area contributed by atoms with Crippen LogP contribution in [0.1, 0.15) is 70.4 Å². The highest BCUT2D eigenvalue weighted by molar-refractivity contribution is 5.96. The fourth-order valence-electron chi connectivity index (χ4n) is 7.84. The quantitative estimate of drug-likeness (QED) is 0.417. The van der Waals surface area contributed by atoms with Gasteiger partial charge >= 0.3 is 18.1 Å². The molecule has 4 heterocycles. The number of hydrogen-bond acceptors (Lipinski definition) is 6. The highest BCUT2D eigenvalue weighted by atomic mass is 16.6. The van der Waals surface area contributed by atoms with Gasteiger partial charge in [0.05, 0.1) is 0 Å². The Labute approximate surface area is 275 Å². The minimum atomic E-state index is -1.43. The largest absolute Gasteiger partial charge is 0.479 e. The number of carboxylic acid groups (broad SMARTS) is 1. The number of fused-ring (bicyclic) bond motifs is 5. The van der Waals surface area contributed by atoms with Gasteiger partial charge in [-0.15, -0.1) is 0 Å². The van der Waals surface area contributed by atoms with Gasteiger partial charge in [0.25, 0.3) is 0 Å². The van der Waals surface area contributed by atoms with Crippen LogP contribution in [0.3, 0.4) is 0 Å². The Balaban J connectivity index is 1.25. The van der Waals surface area contributed by atoms with Gasteiger partial charge in [-0.05, 0) is 64.0 Å². The van der Waals surface area contributed by atoms with Crippen LogP contribution in [0.5, 0.6) is 0 Å². The lowest BCUT2D eigenvalue weighted by Crippen LogP contribution is -2.58. The van der Waals surface area contributed by atoms with E-state index in [1.807, 2.05) is 35.3 Å². The Morgan fingerprint density at radius 3 is 2.53 bits per heavy atom. The van der Waals surface area contributed by atoms with Crippen molar-refractivity contribution in [1.82, 2.24) is 25.3 Å². The molecule has 0 bridgehead atoms. The van der Waals surface area contributed by atoms with Gasteiger partial charge in [0, 0.05) is 50.5 Å². The molecule has 0 spiro atoms. The number of carbonyl (C=O) groups excluding carboxylic acids is 4. The molecule has 12 nitrogen and oxygen atoms in total. The predicted octanol–water partition coefficient (Wildman–Crippen LogP) is 3.30. The molecule has 6 atom stereocenters. The molecule has 4 aliphatic heterocycles. The van der Waals surface area contributed by atoms with Gasteiger partial charge in [-0.2, -0.15) is 0 Å². The average molecular weight is 650 g/mol. The first-order valence-corrected chi connectivity index (χ1v) is 17.0. The van der Waals surface area contributed by atoms with Crippen molar-refractivity contribution in [2.75, 3.05) is 26.2 Å². The molecule has 5 amide bonds. The van der Waals surface area contributed by atoms with Crippen LogP contribution in [-0.2, 0) is 32.1 Å². The SMILES string of the molecule is CC(C)(C)OC(=O)N[C@@H]1CCCCC/C=C\[C@@H]2C[C@]2(C(=O)O)NC(=O)[C@@H]2[C@H]3CN(C(=O)N4CCc5ccccc5C4)C[C@H]3CN2C1=O. The zero-order valence-corrected chi connectivity index (χ0v) is 27.6. The fraction of sp³-hybridized carbons (Fsp3) is 0.629. The Morgan fingerprint density at radius 2 is 1.79 bits per heavy atom. The van der Waals surface area contributed by atoms with Gasteiger partial charge in [-0.3, -0.25) is 9.59 Å². The molecule has 47 heavy (non-hydrogen) atoms. The van der Waals surface area contributed by atoms with Crippen molar-refractivity contribution >= 4 is 29.9 Å². The van der Waals surface area contributed by atoms with E-state index in [9.17, 15) is 29.1 Å². The molecule has 0 radical (unpaired) electrons. The van der Waals surface area contributed by atoms with Gasteiger partial charge in [0.15, 0.2) is 0 Å². The van der Waals surface area contributed by atoms with Crippen LogP contribution < -0.4 is 10.6 Å². The molecular weight excluding hydrogens is 602 g/mol. The van der Waals surface area contributed by atoms with E-state index in [1.54, 1.807) is 25.7 Å². The van der Waals surface area contributed by atoms with Crippen molar-refractivity contribution in [3.63, 3.8) is 0 Å². The second kappa shape index (κ2) is 12.8. The van der Waals surface area contributed by atoms with Gasteiger partial charge in [-0.25, -0.2) is 14.4 Å². The lowest BCUT2D eigenvalue weighted by molar-refractivity contribution is -0.146. The molecule has 254 valence electrons. The second-order valence-corrected chi connectivity index (χ2v) is 14.8. The summed E-state index contributed by atoms with van der Waals surface area (Å²) in [4.78, 5) is 72.7. The van der Waals surface area contributed by atoms with Crippen molar-refractivity contribution in [2.24, 2.45) is 17.8 Å². The van der Waals surface area contributed by atoms with Crippen molar-refractivity contribution in [3.8, 4) is 0 Å². The fourth-order valence-corrected chi connectivity index (χ4v) is 7.84.